The minimum absolute atomic E-state index is 0.0123. The Labute approximate surface area is 141 Å². The van der Waals surface area contributed by atoms with E-state index in [1.807, 2.05) is 25.1 Å². The van der Waals surface area contributed by atoms with E-state index in [0.29, 0.717) is 5.82 Å². The van der Waals surface area contributed by atoms with Crippen LogP contribution in [0.3, 0.4) is 0 Å². The summed E-state index contributed by atoms with van der Waals surface area (Å²) in [4.78, 5) is 1.68. The Bertz CT molecular complexity index is 844. The van der Waals surface area contributed by atoms with Crippen molar-refractivity contribution in [1.29, 1.82) is 0 Å². The van der Waals surface area contributed by atoms with Gasteiger partial charge in [0.25, 0.3) is 0 Å². The van der Waals surface area contributed by atoms with E-state index < -0.39 is 0 Å². The van der Waals surface area contributed by atoms with Crippen LogP contribution in [-0.4, -0.2) is 34.4 Å². The molecular formula is C18H22N4O2. The molecule has 0 saturated carbocycles. The van der Waals surface area contributed by atoms with Crippen molar-refractivity contribution in [2.24, 2.45) is 0 Å². The Morgan fingerprint density at radius 2 is 1.92 bits per heavy atom. The first-order chi connectivity index (χ1) is 11.7. The van der Waals surface area contributed by atoms with Crippen molar-refractivity contribution in [1.82, 2.24) is 20.2 Å². The van der Waals surface area contributed by atoms with Crippen LogP contribution in [0.15, 0.2) is 30.3 Å². The Kier molecular flexibility index (Phi) is 4.64. The molecule has 6 nitrogen and oxygen atoms in total. The van der Waals surface area contributed by atoms with Crippen molar-refractivity contribution in [2.45, 2.75) is 32.7 Å². The van der Waals surface area contributed by atoms with Gasteiger partial charge in [-0.2, -0.15) is 4.80 Å². The summed E-state index contributed by atoms with van der Waals surface area (Å²) in [7, 11) is 3.36. The number of rotatable bonds is 6. The van der Waals surface area contributed by atoms with Gasteiger partial charge in [0, 0.05) is 10.9 Å². The first-order valence-electron chi connectivity index (χ1n) is 8.08. The standard InChI is InChI=1S/C18H22N4O2/c1-5-7-16(22-20-12(2)19-21-22)15-10-13-8-6-9-17(23-3)14(13)11-18(15)24-4/h6,8-11,16H,5,7H2,1-4H3. The van der Waals surface area contributed by atoms with E-state index in [4.69, 9.17) is 9.47 Å². The van der Waals surface area contributed by atoms with Crippen LogP contribution in [0.2, 0.25) is 0 Å². The molecule has 1 aromatic heterocycles. The van der Waals surface area contributed by atoms with Crippen LogP contribution in [0.4, 0.5) is 0 Å². The molecule has 1 atom stereocenters. The maximum Gasteiger partial charge on any atom is 0.171 e. The number of hydrogen-bond donors (Lipinski definition) is 0. The van der Waals surface area contributed by atoms with Crippen molar-refractivity contribution < 1.29 is 9.47 Å². The highest BCUT2D eigenvalue weighted by Gasteiger charge is 2.21. The summed E-state index contributed by atoms with van der Waals surface area (Å²) >= 11 is 0. The quantitative estimate of drug-likeness (QED) is 0.693. The predicted molar refractivity (Wildman–Crippen MR) is 92.7 cm³/mol. The zero-order valence-electron chi connectivity index (χ0n) is 14.5. The lowest BCUT2D eigenvalue weighted by Gasteiger charge is -2.19. The Morgan fingerprint density at radius 3 is 2.54 bits per heavy atom. The maximum absolute atomic E-state index is 5.66. The number of ether oxygens (including phenoxy) is 2. The first kappa shape index (κ1) is 16.2. The van der Waals surface area contributed by atoms with E-state index in [0.717, 1.165) is 40.7 Å². The molecule has 0 saturated heterocycles. The van der Waals surface area contributed by atoms with Gasteiger partial charge in [0.1, 0.15) is 17.5 Å². The van der Waals surface area contributed by atoms with Crippen molar-refractivity contribution in [2.75, 3.05) is 14.2 Å². The van der Waals surface area contributed by atoms with Gasteiger partial charge in [-0.25, -0.2) is 0 Å². The average Bonchev–Trinajstić information content (AvgIpc) is 3.04. The van der Waals surface area contributed by atoms with Crippen molar-refractivity contribution in [3.63, 3.8) is 0 Å². The van der Waals surface area contributed by atoms with E-state index in [1.54, 1.807) is 19.0 Å². The fourth-order valence-corrected chi connectivity index (χ4v) is 3.01. The highest BCUT2D eigenvalue weighted by atomic mass is 16.5. The number of tetrazole rings is 1. The van der Waals surface area contributed by atoms with Crippen LogP contribution in [-0.2, 0) is 0 Å². The predicted octanol–water partition coefficient (Wildman–Crippen LogP) is 3.54. The van der Waals surface area contributed by atoms with Crippen LogP contribution >= 0.6 is 0 Å². The molecule has 24 heavy (non-hydrogen) atoms. The van der Waals surface area contributed by atoms with Gasteiger partial charge in [-0.05, 0) is 42.1 Å². The lowest BCUT2D eigenvalue weighted by Crippen LogP contribution is -2.15. The van der Waals surface area contributed by atoms with Crippen LogP contribution in [0.25, 0.3) is 10.8 Å². The number of nitrogens with zero attached hydrogens (tertiary/aromatic N) is 4. The van der Waals surface area contributed by atoms with E-state index in [1.165, 1.54) is 0 Å². The smallest absolute Gasteiger partial charge is 0.171 e. The normalized spacial score (nSPS) is 12.3. The highest BCUT2D eigenvalue weighted by molar-refractivity contribution is 5.90. The highest BCUT2D eigenvalue weighted by Crippen LogP contribution is 2.37. The van der Waals surface area contributed by atoms with Crippen molar-refractivity contribution in [3.8, 4) is 11.5 Å². The zero-order valence-corrected chi connectivity index (χ0v) is 14.5. The fraction of sp³-hybridized carbons (Fsp3) is 0.389. The van der Waals surface area contributed by atoms with Gasteiger partial charge in [0.15, 0.2) is 5.82 Å². The second kappa shape index (κ2) is 6.86. The van der Waals surface area contributed by atoms with Gasteiger partial charge < -0.3 is 9.47 Å². The Hall–Kier alpha value is -2.63. The second-order valence-electron chi connectivity index (χ2n) is 5.74. The van der Waals surface area contributed by atoms with Crippen LogP contribution in [0.1, 0.15) is 37.2 Å². The van der Waals surface area contributed by atoms with Crippen molar-refractivity contribution in [3.05, 3.63) is 41.7 Å². The topological polar surface area (TPSA) is 62.1 Å². The molecule has 1 unspecified atom stereocenters. The van der Waals surface area contributed by atoms with Crippen LogP contribution in [0.5, 0.6) is 11.5 Å². The third kappa shape index (κ3) is 2.91. The Balaban J connectivity index is 2.18. The molecular weight excluding hydrogens is 304 g/mol. The molecule has 0 radical (unpaired) electrons. The number of aromatic nitrogens is 4. The molecule has 0 N–H and O–H groups in total. The summed E-state index contributed by atoms with van der Waals surface area (Å²) < 4.78 is 11.1. The molecule has 0 amide bonds. The molecule has 0 bridgehead atoms. The molecule has 0 spiro atoms. The SMILES string of the molecule is CCCC(c1cc2cccc(OC)c2cc1OC)n1nnc(C)n1. The molecule has 0 aliphatic carbocycles. The zero-order chi connectivity index (χ0) is 17.1. The van der Waals surface area contributed by atoms with Gasteiger partial charge in [-0.1, -0.05) is 25.5 Å². The molecule has 6 heteroatoms. The third-order valence-corrected chi connectivity index (χ3v) is 4.14. The fourth-order valence-electron chi connectivity index (χ4n) is 3.01. The van der Waals surface area contributed by atoms with E-state index in [9.17, 15) is 0 Å². The lowest BCUT2D eigenvalue weighted by atomic mass is 9.97. The molecule has 0 aliphatic rings. The maximum atomic E-state index is 5.66. The number of fused-ring (bicyclic) bond motifs is 1. The average molecular weight is 326 g/mol. The summed E-state index contributed by atoms with van der Waals surface area (Å²) in [5.41, 5.74) is 1.05. The number of benzene rings is 2. The van der Waals surface area contributed by atoms with Gasteiger partial charge >= 0.3 is 0 Å². The number of hydrogen-bond acceptors (Lipinski definition) is 5. The first-order valence-corrected chi connectivity index (χ1v) is 8.08. The molecule has 1 heterocycles. The number of methoxy groups -OCH3 is 2. The monoisotopic (exact) mass is 326 g/mol. The van der Waals surface area contributed by atoms with Gasteiger partial charge in [-0.3, -0.25) is 0 Å². The van der Waals surface area contributed by atoms with Gasteiger partial charge in [-0.15, -0.1) is 10.2 Å². The summed E-state index contributed by atoms with van der Waals surface area (Å²) in [6, 6.07) is 10.2. The van der Waals surface area contributed by atoms with Crippen LogP contribution < -0.4 is 9.47 Å². The summed E-state index contributed by atoms with van der Waals surface area (Å²) in [5.74, 6) is 2.30. The van der Waals surface area contributed by atoms with Gasteiger partial charge in [0.05, 0.1) is 14.2 Å². The molecule has 0 aliphatic heterocycles. The molecule has 2 aromatic carbocycles. The Morgan fingerprint density at radius 1 is 1.12 bits per heavy atom. The summed E-state index contributed by atoms with van der Waals surface area (Å²) in [5, 5.41) is 14.7. The number of aryl methyl sites for hydroxylation is 1. The summed E-state index contributed by atoms with van der Waals surface area (Å²) in [6.45, 7) is 3.99. The molecule has 3 rings (SSSR count). The van der Waals surface area contributed by atoms with Gasteiger partial charge in [0.2, 0.25) is 0 Å². The van der Waals surface area contributed by atoms with E-state index in [2.05, 4.69) is 34.5 Å². The lowest BCUT2D eigenvalue weighted by molar-refractivity contribution is 0.376. The minimum Gasteiger partial charge on any atom is -0.496 e. The molecule has 3 aromatic rings. The molecule has 0 fully saturated rings. The van der Waals surface area contributed by atoms with Crippen molar-refractivity contribution >= 4 is 10.8 Å². The van der Waals surface area contributed by atoms with E-state index >= 15 is 0 Å². The van der Waals surface area contributed by atoms with Crippen LogP contribution in [0, 0.1) is 6.92 Å². The second-order valence-corrected chi connectivity index (χ2v) is 5.74. The molecule has 126 valence electrons. The summed E-state index contributed by atoms with van der Waals surface area (Å²) in [6.07, 6.45) is 1.91. The minimum atomic E-state index is -0.0123. The van der Waals surface area contributed by atoms with E-state index in [-0.39, 0.29) is 6.04 Å². The third-order valence-electron chi connectivity index (χ3n) is 4.14. The largest absolute Gasteiger partial charge is 0.496 e.